The predicted molar refractivity (Wildman–Crippen MR) is 95.2 cm³/mol. The third-order valence-electron chi connectivity index (χ3n) is 4.77. The van der Waals surface area contributed by atoms with Gasteiger partial charge in [-0.25, -0.2) is 0 Å². The molecule has 0 aliphatic carbocycles. The summed E-state index contributed by atoms with van der Waals surface area (Å²) in [5.41, 5.74) is 1.20. The number of nitrogens with zero attached hydrogens (tertiary/aromatic N) is 1. The van der Waals surface area contributed by atoms with E-state index >= 15 is 0 Å². The minimum Gasteiger partial charge on any atom is -0.496 e. The maximum absolute atomic E-state index is 12.7. The Labute approximate surface area is 143 Å². The zero-order valence-corrected chi connectivity index (χ0v) is 14.6. The van der Waals surface area contributed by atoms with Crippen molar-refractivity contribution >= 4 is 17.7 Å². The molecule has 0 aromatic heterocycles. The topological polar surface area (TPSA) is 41.6 Å². The molecule has 0 radical (unpaired) electrons. The second-order valence-corrected chi connectivity index (χ2v) is 7.48. The predicted octanol–water partition coefficient (Wildman–Crippen LogP) is 2.32. The first-order valence-electron chi connectivity index (χ1n) is 8.50. The van der Waals surface area contributed by atoms with Crippen molar-refractivity contribution in [3.8, 4) is 5.75 Å². The van der Waals surface area contributed by atoms with Crippen molar-refractivity contribution in [2.45, 2.75) is 37.8 Å². The summed E-state index contributed by atoms with van der Waals surface area (Å²) in [7, 11) is 1.71. The van der Waals surface area contributed by atoms with Gasteiger partial charge in [0.05, 0.1) is 7.11 Å². The molecule has 3 rings (SSSR count). The standard InChI is InChI=1S/C18H26N2O2S/c1-22-17-7-3-2-5-14(17)11-16-6-4-9-20(16)18(21)12-15-13-23-10-8-19-15/h2-3,5,7,15-16,19H,4,6,8-13H2,1H3. The highest BCUT2D eigenvalue weighted by atomic mass is 32.2. The molecule has 2 saturated heterocycles. The molecule has 5 heteroatoms. The summed E-state index contributed by atoms with van der Waals surface area (Å²) in [5.74, 6) is 3.45. The van der Waals surface area contributed by atoms with Gasteiger partial charge in [-0.1, -0.05) is 18.2 Å². The molecule has 1 N–H and O–H groups in total. The molecule has 2 heterocycles. The van der Waals surface area contributed by atoms with Gasteiger partial charge in [-0.3, -0.25) is 4.79 Å². The van der Waals surface area contributed by atoms with Crippen molar-refractivity contribution in [2.75, 3.05) is 31.7 Å². The van der Waals surface area contributed by atoms with Gasteiger partial charge in [-0.15, -0.1) is 0 Å². The first-order chi connectivity index (χ1) is 11.3. The highest BCUT2D eigenvalue weighted by molar-refractivity contribution is 7.99. The highest BCUT2D eigenvalue weighted by Crippen LogP contribution is 2.27. The lowest BCUT2D eigenvalue weighted by atomic mass is 10.0. The Morgan fingerprint density at radius 3 is 3.09 bits per heavy atom. The van der Waals surface area contributed by atoms with Crippen LogP contribution in [0.25, 0.3) is 0 Å². The monoisotopic (exact) mass is 334 g/mol. The lowest BCUT2D eigenvalue weighted by molar-refractivity contribution is -0.132. The molecule has 2 unspecified atom stereocenters. The van der Waals surface area contributed by atoms with Crippen LogP contribution in [0.1, 0.15) is 24.8 Å². The lowest BCUT2D eigenvalue weighted by Crippen LogP contribution is -2.44. The van der Waals surface area contributed by atoms with Gasteiger partial charge in [-0.2, -0.15) is 11.8 Å². The number of likely N-dealkylation sites (tertiary alicyclic amines) is 1. The quantitative estimate of drug-likeness (QED) is 0.897. The van der Waals surface area contributed by atoms with Gasteiger partial charge in [0.2, 0.25) is 5.91 Å². The van der Waals surface area contributed by atoms with Gasteiger partial charge < -0.3 is 15.0 Å². The van der Waals surface area contributed by atoms with Crippen LogP contribution in [0.2, 0.25) is 0 Å². The number of ether oxygens (including phenoxy) is 1. The maximum atomic E-state index is 12.7. The van der Waals surface area contributed by atoms with Crippen LogP contribution in [0, 0.1) is 0 Å². The number of benzene rings is 1. The summed E-state index contributed by atoms with van der Waals surface area (Å²) >= 11 is 1.95. The Balaban J connectivity index is 1.61. The molecule has 0 bridgehead atoms. The smallest absolute Gasteiger partial charge is 0.224 e. The fourth-order valence-electron chi connectivity index (χ4n) is 3.58. The van der Waals surface area contributed by atoms with Gasteiger partial charge in [0, 0.05) is 43.1 Å². The Morgan fingerprint density at radius 2 is 2.30 bits per heavy atom. The number of methoxy groups -OCH3 is 1. The number of amides is 1. The fourth-order valence-corrected chi connectivity index (χ4v) is 4.53. The van der Waals surface area contributed by atoms with Crippen LogP contribution < -0.4 is 10.1 Å². The number of rotatable bonds is 5. The second-order valence-electron chi connectivity index (χ2n) is 6.33. The van der Waals surface area contributed by atoms with Gasteiger partial charge >= 0.3 is 0 Å². The van der Waals surface area contributed by atoms with Crippen molar-refractivity contribution in [3.63, 3.8) is 0 Å². The third-order valence-corrected chi connectivity index (χ3v) is 5.90. The van der Waals surface area contributed by atoms with E-state index in [0.29, 0.717) is 24.4 Å². The maximum Gasteiger partial charge on any atom is 0.224 e. The van der Waals surface area contributed by atoms with E-state index in [-0.39, 0.29) is 0 Å². The molecule has 0 saturated carbocycles. The van der Waals surface area contributed by atoms with E-state index in [2.05, 4.69) is 16.3 Å². The lowest BCUT2D eigenvalue weighted by Gasteiger charge is -2.29. The van der Waals surface area contributed by atoms with Crippen LogP contribution in [0.4, 0.5) is 0 Å². The van der Waals surface area contributed by atoms with Gasteiger partial charge in [0.15, 0.2) is 0 Å². The normalized spacial score (nSPS) is 24.7. The average molecular weight is 334 g/mol. The van der Waals surface area contributed by atoms with Crippen LogP contribution in [0.3, 0.4) is 0 Å². The summed E-state index contributed by atoms with van der Waals surface area (Å²) < 4.78 is 5.46. The molecule has 0 spiro atoms. The number of carbonyl (C=O) groups is 1. The zero-order chi connectivity index (χ0) is 16.1. The van der Waals surface area contributed by atoms with Crippen molar-refractivity contribution < 1.29 is 9.53 Å². The van der Waals surface area contributed by atoms with Crippen molar-refractivity contribution in [2.24, 2.45) is 0 Å². The molecule has 1 aromatic rings. The number of hydrogen-bond donors (Lipinski definition) is 1. The van der Waals surface area contributed by atoms with Crippen molar-refractivity contribution in [1.29, 1.82) is 0 Å². The van der Waals surface area contributed by atoms with Crippen molar-refractivity contribution in [1.82, 2.24) is 10.2 Å². The number of hydrogen-bond acceptors (Lipinski definition) is 4. The Kier molecular flexibility index (Phi) is 5.84. The summed E-state index contributed by atoms with van der Waals surface area (Å²) in [6.07, 6.45) is 3.73. The minimum absolute atomic E-state index is 0.308. The van der Waals surface area contributed by atoms with Crippen LogP contribution in [0.15, 0.2) is 24.3 Å². The van der Waals surface area contributed by atoms with Crippen LogP contribution in [0.5, 0.6) is 5.75 Å². The molecule has 23 heavy (non-hydrogen) atoms. The Morgan fingerprint density at radius 1 is 1.43 bits per heavy atom. The van der Waals surface area contributed by atoms with Gasteiger partial charge in [0.25, 0.3) is 0 Å². The van der Waals surface area contributed by atoms with E-state index in [1.807, 2.05) is 30.0 Å². The molecule has 2 atom stereocenters. The largest absolute Gasteiger partial charge is 0.496 e. The molecular formula is C18H26N2O2S. The van der Waals surface area contributed by atoms with E-state index in [1.165, 1.54) is 5.56 Å². The number of nitrogens with one attached hydrogen (secondary N) is 1. The van der Waals surface area contributed by atoms with Crippen molar-refractivity contribution in [3.05, 3.63) is 29.8 Å². The van der Waals surface area contributed by atoms with Crippen LogP contribution >= 0.6 is 11.8 Å². The molecule has 2 fully saturated rings. The summed E-state index contributed by atoms with van der Waals surface area (Å²) in [6.45, 7) is 1.92. The van der Waals surface area contributed by atoms with E-state index in [9.17, 15) is 4.79 Å². The number of thioether (sulfide) groups is 1. The van der Waals surface area contributed by atoms with E-state index in [1.54, 1.807) is 7.11 Å². The summed E-state index contributed by atoms with van der Waals surface area (Å²) in [5, 5.41) is 3.47. The second kappa shape index (κ2) is 8.06. The highest BCUT2D eigenvalue weighted by Gasteiger charge is 2.30. The number of para-hydroxylation sites is 1. The first kappa shape index (κ1) is 16.7. The first-order valence-corrected chi connectivity index (χ1v) is 9.66. The summed E-state index contributed by atoms with van der Waals surface area (Å²) in [4.78, 5) is 14.8. The minimum atomic E-state index is 0.308. The Hall–Kier alpha value is -1.20. The Bertz CT molecular complexity index is 532. The molecular weight excluding hydrogens is 308 g/mol. The molecule has 1 aromatic carbocycles. The number of carbonyl (C=O) groups excluding carboxylic acids is 1. The molecule has 2 aliphatic rings. The van der Waals surface area contributed by atoms with Gasteiger partial charge in [0.1, 0.15) is 5.75 Å². The summed E-state index contributed by atoms with van der Waals surface area (Å²) in [6, 6.07) is 8.80. The van der Waals surface area contributed by atoms with E-state index < -0.39 is 0 Å². The van der Waals surface area contributed by atoms with E-state index in [4.69, 9.17) is 4.74 Å². The van der Waals surface area contributed by atoms with E-state index in [0.717, 1.165) is 49.6 Å². The van der Waals surface area contributed by atoms with Gasteiger partial charge in [-0.05, 0) is 30.9 Å². The average Bonchev–Trinajstić information content (AvgIpc) is 3.04. The molecule has 2 aliphatic heterocycles. The fraction of sp³-hybridized carbons (Fsp3) is 0.611. The zero-order valence-electron chi connectivity index (χ0n) is 13.8. The SMILES string of the molecule is COc1ccccc1CC1CCCN1C(=O)CC1CSCCN1. The van der Waals surface area contributed by atoms with Crippen LogP contribution in [-0.2, 0) is 11.2 Å². The van der Waals surface area contributed by atoms with Crippen LogP contribution in [-0.4, -0.2) is 54.6 Å². The molecule has 126 valence electrons. The third kappa shape index (κ3) is 4.21. The molecule has 4 nitrogen and oxygen atoms in total. The molecule has 1 amide bonds.